The first-order valence-corrected chi connectivity index (χ1v) is 5.02. The Morgan fingerprint density at radius 1 is 1.62 bits per heavy atom. The van der Waals surface area contributed by atoms with Crippen molar-refractivity contribution in [3.63, 3.8) is 0 Å². The van der Waals surface area contributed by atoms with Crippen LogP contribution in [-0.2, 0) is 11.3 Å². The van der Waals surface area contributed by atoms with Gasteiger partial charge in [-0.3, -0.25) is 14.6 Å². The molecule has 2 aromatic heterocycles. The van der Waals surface area contributed by atoms with Gasteiger partial charge in [0, 0.05) is 18.6 Å². The van der Waals surface area contributed by atoms with Crippen molar-refractivity contribution in [2.75, 3.05) is 0 Å². The molecule has 0 saturated heterocycles. The Morgan fingerprint density at radius 3 is 3.12 bits per heavy atom. The zero-order valence-corrected chi connectivity index (χ0v) is 8.92. The molecule has 0 fully saturated rings. The molecule has 0 aliphatic heterocycles. The first-order valence-electron chi connectivity index (χ1n) is 5.02. The minimum atomic E-state index is -0.307. The quantitative estimate of drug-likeness (QED) is 0.785. The Bertz CT molecular complexity index is 434. The molecule has 0 radical (unpaired) electrons. The fourth-order valence-electron chi connectivity index (χ4n) is 1.34. The fourth-order valence-corrected chi connectivity index (χ4v) is 1.34. The standard InChI is InChI=1S/C10H13N5O/c1-8(15-6-2-4-13-15)10(16)11-7-9-3-5-12-14-9/h2-6,8H,7H2,1H3,(H,11,16)(H,12,14). The SMILES string of the molecule is CC(C(=O)NCc1ccn[nH]1)n1cccn1. The Balaban J connectivity index is 1.89. The lowest BCUT2D eigenvalue weighted by Gasteiger charge is -2.11. The topological polar surface area (TPSA) is 75.6 Å². The van der Waals surface area contributed by atoms with E-state index < -0.39 is 0 Å². The number of nitrogens with one attached hydrogen (secondary N) is 2. The second-order valence-corrected chi connectivity index (χ2v) is 3.46. The molecule has 2 aromatic rings. The van der Waals surface area contributed by atoms with Crippen LogP contribution in [0.15, 0.2) is 30.7 Å². The molecule has 0 bridgehead atoms. The van der Waals surface area contributed by atoms with E-state index in [0.717, 1.165) is 5.69 Å². The summed E-state index contributed by atoms with van der Waals surface area (Å²) in [7, 11) is 0. The summed E-state index contributed by atoms with van der Waals surface area (Å²) in [5.41, 5.74) is 0.876. The number of aromatic amines is 1. The van der Waals surface area contributed by atoms with Gasteiger partial charge in [0.2, 0.25) is 5.91 Å². The number of H-pyrrole nitrogens is 1. The summed E-state index contributed by atoms with van der Waals surface area (Å²) in [6, 6.07) is 3.30. The zero-order chi connectivity index (χ0) is 11.4. The molecule has 1 amide bonds. The molecule has 16 heavy (non-hydrogen) atoms. The Morgan fingerprint density at radius 2 is 2.50 bits per heavy atom. The van der Waals surface area contributed by atoms with Crippen LogP contribution in [0.1, 0.15) is 18.7 Å². The lowest BCUT2D eigenvalue weighted by molar-refractivity contribution is -0.124. The summed E-state index contributed by atoms with van der Waals surface area (Å²) in [5.74, 6) is -0.0710. The van der Waals surface area contributed by atoms with E-state index in [1.54, 1.807) is 36.3 Å². The van der Waals surface area contributed by atoms with E-state index in [4.69, 9.17) is 0 Å². The van der Waals surface area contributed by atoms with Gasteiger partial charge in [-0.15, -0.1) is 0 Å². The second kappa shape index (κ2) is 4.61. The third-order valence-corrected chi connectivity index (χ3v) is 2.31. The van der Waals surface area contributed by atoms with Crippen LogP contribution in [0, 0.1) is 0 Å². The van der Waals surface area contributed by atoms with Gasteiger partial charge in [-0.05, 0) is 19.1 Å². The summed E-state index contributed by atoms with van der Waals surface area (Å²) in [5, 5.41) is 13.4. The van der Waals surface area contributed by atoms with E-state index in [-0.39, 0.29) is 11.9 Å². The summed E-state index contributed by atoms with van der Waals surface area (Å²) in [6.45, 7) is 2.25. The highest BCUT2D eigenvalue weighted by Crippen LogP contribution is 2.03. The number of nitrogens with zero attached hydrogens (tertiary/aromatic N) is 3. The number of carbonyl (C=O) groups is 1. The van der Waals surface area contributed by atoms with Gasteiger partial charge in [0.1, 0.15) is 6.04 Å². The van der Waals surface area contributed by atoms with E-state index in [0.29, 0.717) is 6.54 Å². The third kappa shape index (κ3) is 2.28. The van der Waals surface area contributed by atoms with E-state index in [1.807, 2.05) is 6.07 Å². The summed E-state index contributed by atoms with van der Waals surface area (Å²) < 4.78 is 1.61. The highest BCUT2D eigenvalue weighted by Gasteiger charge is 2.14. The summed E-state index contributed by atoms with van der Waals surface area (Å²) in [6.07, 6.45) is 5.07. The maximum Gasteiger partial charge on any atom is 0.244 e. The minimum absolute atomic E-state index is 0.0710. The Labute approximate surface area is 92.7 Å². The molecule has 2 N–H and O–H groups in total. The van der Waals surface area contributed by atoms with Gasteiger partial charge in [0.05, 0.1) is 12.2 Å². The molecule has 6 heteroatoms. The zero-order valence-electron chi connectivity index (χ0n) is 8.92. The van der Waals surface area contributed by atoms with Crippen molar-refractivity contribution < 1.29 is 4.79 Å². The molecule has 0 aliphatic rings. The lowest BCUT2D eigenvalue weighted by atomic mass is 10.3. The maximum atomic E-state index is 11.7. The van der Waals surface area contributed by atoms with E-state index in [9.17, 15) is 4.79 Å². The van der Waals surface area contributed by atoms with E-state index in [2.05, 4.69) is 20.6 Å². The first-order chi connectivity index (χ1) is 7.77. The largest absolute Gasteiger partial charge is 0.349 e. The average Bonchev–Trinajstić information content (AvgIpc) is 2.96. The van der Waals surface area contributed by atoms with Crippen molar-refractivity contribution in [1.29, 1.82) is 0 Å². The van der Waals surface area contributed by atoms with Gasteiger partial charge in [0.15, 0.2) is 0 Å². The number of aromatic nitrogens is 4. The second-order valence-electron chi connectivity index (χ2n) is 3.46. The van der Waals surface area contributed by atoms with Gasteiger partial charge >= 0.3 is 0 Å². The molecule has 2 rings (SSSR count). The predicted octanol–water partition coefficient (Wildman–Crippen LogP) is 0.484. The van der Waals surface area contributed by atoms with Crippen molar-refractivity contribution in [3.05, 3.63) is 36.4 Å². The van der Waals surface area contributed by atoms with Gasteiger partial charge in [-0.1, -0.05) is 0 Å². The van der Waals surface area contributed by atoms with Gasteiger partial charge in [0.25, 0.3) is 0 Å². The normalized spacial score (nSPS) is 12.3. The van der Waals surface area contributed by atoms with Gasteiger partial charge < -0.3 is 5.32 Å². The molecule has 84 valence electrons. The lowest BCUT2D eigenvalue weighted by Crippen LogP contribution is -2.30. The first kappa shape index (κ1) is 10.4. The van der Waals surface area contributed by atoms with Crippen molar-refractivity contribution in [2.45, 2.75) is 19.5 Å². The molecule has 1 atom stereocenters. The predicted molar refractivity (Wildman–Crippen MR) is 57.4 cm³/mol. The Hall–Kier alpha value is -2.11. The summed E-state index contributed by atoms with van der Waals surface area (Å²) in [4.78, 5) is 11.7. The molecule has 0 aromatic carbocycles. The number of amides is 1. The van der Waals surface area contributed by atoms with Crippen LogP contribution < -0.4 is 5.32 Å². The number of carbonyl (C=O) groups excluding carboxylic acids is 1. The van der Waals surface area contributed by atoms with Crippen LogP contribution in [0.3, 0.4) is 0 Å². The van der Waals surface area contributed by atoms with Crippen LogP contribution in [-0.4, -0.2) is 25.9 Å². The van der Waals surface area contributed by atoms with Crippen LogP contribution in [0.5, 0.6) is 0 Å². The van der Waals surface area contributed by atoms with E-state index in [1.165, 1.54) is 0 Å². The highest BCUT2D eigenvalue weighted by molar-refractivity contribution is 5.79. The van der Waals surface area contributed by atoms with Crippen LogP contribution >= 0.6 is 0 Å². The number of hydrogen-bond acceptors (Lipinski definition) is 3. The van der Waals surface area contributed by atoms with Gasteiger partial charge in [-0.25, -0.2) is 0 Å². The monoisotopic (exact) mass is 219 g/mol. The fraction of sp³-hybridized carbons (Fsp3) is 0.300. The molecule has 0 saturated carbocycles. The minimum Gasteiger partial charge on any atom is -0.349 e. The van der Waals surface area contributed by atoms with Crippen LogP contribution in [0.4, 0.5) is 0 Å². The van der Waals surface area contributed by atoms with Crippen LogP contribution in [0.2, 0.25) is 0 Å². The molecular formula is C10H13N5O. The molecule has 0 aliphatic carbocycles. The third-order valence-electron chi connectivity index (χ3n) is 2.31. The van der Waals surface area contributed by atoms with Crippen LogP contribution in [0.25, 0.3) is 0 Å². The molecule has 0 spiro atoms. The van der Waals surface area contributed by atoms with Crippen molar-refractivity contribution >= 4 is 5.91 Å². The maximum absolute atomic E-state index is 11.7. The van der Waals surface area contributed by atoms with Crippen molar-refractivity contribution in [3.8, 4) is 0 Å². The highest BCUT2D eigenvalue weighted by atomic mass is 16.2. The average molecular weight is 219 g/mol. The van der Waals surface area contributed by atoms with Gasteiger partial charge in [-0.2, -0.15) is 10.2 Å². The van der Waals surface area contributed by atoms with Crippen molar-refractivity contribution in [2.24, 2.45) is 0 Å². The Kier molecular flexibility index (Phi) is 3.00. The number of rotatable bonds is 4. The molecule has 1 unspecified atom stereocenters. The molecular weight excluding hydrogens is 206 g/mol. The molecule has 6 nitrogen and oxygen atoms in total. The number of hydrogen-bond donors (Lipinski definition) is 2. The van der Waals surface area contributed by atoms with Crippen molar-refractivity contribution in [1.82, 2.24) is 25.3 Å². The smallest absolute Gasteiger partial charge is 0.244 e. The van der Waals surface area contributed by atoms with E-state index >= 15 is 0 Å². The molecule has 2 heterocycles. The summed E-state index contributed by atoms with van der Waals surface area (Å²) >= 11 is 0.